The molecule has 2 aromatic carbocycles. The first-order valence-electron chi connectivity index (χ1n) is 9.54. The largest absolute Gasteiger partial charge is 0.487 e. The Morgan fingerprint density at radius 1 is 1.03 bits per heavy atom. The number of carbonyl (C=O) groups is 1. The van der Waals surface area contributed by atoms with E-state index in [9.17, 15) is 4.79 Å². The minimum absolute atomic E-state index is 0.140. The Labute approximate surface area is 170 Å². The van der Waals surface area contributed by atoms with Crippen molar-refractivity contribution in [2.75, 3.05) is 5.32 Å². The summed E-state index contributed by atoms with van der Waals surface area (Å²) in [6.07, 6.45) is 3.94. The summed E-state index contributed by atoms with van der Waals surface area (Å²) in [7, 11) is 0. The van der Waals surface area contributed by atoms with E-state index in [0.29, 0.717) is 17.9 Å². The number of hydrogen-bond acceptors (Lipinski definition) is 3. The lowest BCUT2D eigenvalue weighted by atomic mass is 10.1. The number of nitrogens with one attached hydrogen (secondary N) is 1. The molecule has 0 spiro atoms. The van der Waals surface area contributed by atoms with E-state index in [4.69, 9.17) is 4.74 Å². The maximum absolute atomic E-state index is 12.5. The van der Waals surface area contributed by atoms with Gasteiger partial charge in [-0.25, -0.2) is 4.98 Å². The summed E-state index contributed by atoms with van der Waals surface area (Å²) in [5.41, 5.74) is 6.53. The third kappa shape index (κ3) is 4.14. The molecular formula is C24H23N3O2. The summed E-state index contributed by atoms with van der Waals surface area (Å²) in [4.78, 5) is 17.1. The molecule has 29 heavy (non-hydrogen) atoms. The van der Waals surface area contributed by atoms with Crippen molar-refractivity contribution in [1.82, 2.24) is 9.38 Å². The molecule has 1 amide bonds. The van der Waals surface area contributed by atoms with Crippen molar-refractivity contribution in [2.24, 2.45) is 0 Å². The van der Waals surface area contributed by atoms with E-state index in [-0.39, 0.29) is 5.91 Å². The normalized spacial score (nSPS) is 10.9. The molecule has 0 saturated carbocycles. The molecule has 0 fully saturated rings. The van der Waals surface area contributed by atoms with Gasteiger partial charge in [-0.1, -0.05) is 23.8 Å². The van der Waals surface area contributed by atoms with Crippen LogP contribution in [-0.2, 0) is 6.61 Å². The molecule has 0 radical (unpaired) electrons. The molecule has 0 atom stereocenters. The fraction of sp³-hybridized carbons (Fsp3) is 0.167. The first kappa shape index (κ1) is 18.7. The molecule has 2 aromatic heterocycles. The summed E-state index contributed by atoms with van der Waals surface area (Å²) < 4.78 is 7.83. The molecule has 0 saturated heterocycles. The molecule has 5 heteroatoms. The van der Waals surface area contributed by atoms with Crippen molar-refractivity contribution in [3.63, 3.8) is 0 Å². The second-order valence-corrected chi connectivity index (χ2v) is 7.24. The van der Waals surface area contributed by atoms with Crippen LogP contribution in [0, 0.1) is 20.8 Å². The van der Waals surface area contributed by atoms with Gasteiger partial charge in [-0.15, -0.1) is 0 Å². The zero-order valence-corrected chi connectivity index (χ0v) is 16.8. The van der Waals surface area contributed by atoms with Gasteiger partial charge in [-0.3, -0.25) is 4.79 Å². The predicted octanol–water partition coefficient (Wildman–Crippen LogP) is 5.09. The Bertz CT molecular complexity index is 1180. The highest BCUT2D eigenvalue weighted by molar-refractivity contribution is 6.04. The number of anilines is 1. The lowest BCUT2D eigenvalue weighted by Gasteiger charge is -2.10. The number of fused-ring (bicyclic) bond motifs is 1. The van der Waals surface area contributed by atoms with Gasteiger partial charge < -0.3 is 14.5 Å². The monoisotopic (exact) mass is 385 g/mol. The Balaban J connectivity index is 1.40. The molecule has 4 rings (SSSR count). The van der Waals surface area contributed by atoms with Crippen LogP contribution in [0.25, 0.3) is 5.65 Å². The van der Waals surface area contributed by atoms with E-state index >= 15 is 0 Å². The van der Waals surface area contributed by atoms with E-state index in [1.54, 1.807) is 24.3 Å². The second-order valence-electron chi connectivity index (χ2n) is 7.24. The second kappa shape index (κ2) is 7.80. The van der Waals surface area contributed by atoms with Crippen LogP contribution in [0.1, 0.15) is 32.7 Å². The number of aromatic nitrogens is 2. The number of benzene rings is 2. The van der Waals surface area contributed by atoms with E-state index in [2.05, 4.69) is 10.3 Å². The summed E-state index contributed by atoms with van der Waals surface area (Å²) in [5.74, 6) is 0.557. The number of rotatable bonds is 5. The van der Waals surface area contributed by atoms with Crippen molar-refractivity contribution < 1.29 is 9.53 Å². The third-order valence-corrected chi connectivity index (χ3v) is 4.86. The van der Waals surface area contributed by atoms with Crippen LogP contribution in [0.3, 0.4) is 0 Å². The van der Waals surface area contributed by atoms with E-state index in [1.165, 1.54) is 5.56 Å². The predicted molar refractivity (Wildman–Crippen MR) is 115 cm³/mol. The molecule has 0 aliphatic heterocycles. The molecule has 1 N–H and O–H groups in total. The molecule has 0 bridgehead atoms. The minimum atomic E-state index is -0.140. The topological polar surface area (TPSA) is 55.6 Å². The van der Waals surface area contributed by atoms with E-state index < -0.39 is 0 Å². The molecule has 0 unspecified atom stereocenters. The van der Waals surface area contributed by atoms with Gasteiger partial charge in [-0.05, 0) is 68.3 Å². The Morgan fingerprint density at radius 2 is 1.83 bits per heavy atom. The number of nitrogens with zero attached hydrogens (tertiary/aromatic N) is 2. The van der Waals surface area contributed by atoms with Crippen LogP contribution in [0.15, 0.2) is 67.0 Å². The number of pyridine rings is 1. The SMILES string of the molecule is Cc1ccc(NC(=O)c2ccc(OCc3cn4cccc(C)c4n3)cc2)c(C)c1. The molecule has 0 aliphatic rings. The summed E-state index contributed by atoms with van der Waals surface area (Å²) in [5, 5.41) is 2.96. The lowest BCUT2D eigenvalue weighted by Crippen LogP contribution is -2.12. The van der Waals surface area contributed by atoms with Gasteiger partial charge >= 0.3 is 0 Å². The Hall–Kier alpha value is -3.60. The van der Waals surface area contributed by atoms with Crippen molar-refractivity contribution in [2.45, 2.75) is 27.4 Å². The van der Waals surface area contributed by atoms with Crippen LogP contribution in [0.2, 0.25) is 0 Å². The quantitative estimate of drug-likeness (QED) is 0.520. The minimum Gasteiger partial charge on any atom is -0.487 e. The summed E-state index contributed by atoms with van der Waals surface area (Å²) >= 11 is 0. The van der Waals surface area contributed by atoms with Gasteiger partial charge in [0.25, 0.3) is 5.91 Å². The smallest absolute Gasteiger partial charge is 0.255 e. The van der Waals surface area contributed by atoms with Crippen LogP contribution in [-0.4, -0.2) is 15.3 Å². The van der Waals surface area contributed by atoms with E-state index in [0.717, 1.165) is 28.2 Å². The number of aryl methyl sites for hydroxylation is 3. The fourth-order valence-electron chi connectivity index (χ4n) is 3.28. The lowest BCUT2D eigenvalue weighted by molar-refractivity contribution is 0.102. The van der Waals surface area contributed by atoms with Crippen molar-refractivity contribution in [1.29, 1.82) is 0 Å². The number of hydrogen-bond donors (Lipinski definition) is 1. The van der Waals surface area contributed by atoms with Gasteiger partial charge in [0.2, 0.25) is 0 Å². The van der Waals surface area contributed by atoms with Crippen molar-refractivity contribution >= 4 is 17.2 Å². The number of ether oxygens (including phenoxy) is 1. The maximum Gasteiger partial charge on any atom is 0.255 e. The highest BCUT2D eigenvalue weighted by Gasteiger charge is 2.09. The van der Waals surface area contributed by atoms with Gasteiger partial charge in [0.15, 0.2) is 0 Å². The number of imidazole rings is 1. The summed E-state index contributed by atoms with van der Waals surface area (Å²) in [6, 6.07) is 17.1. The third-order valence-electron chi connectivity index (χ3n) is 4.86. The van der Waals surface area contributed by atoms with Crippen LogP contribution < -0.4 is 10.1 Å². The first-order chi connectivity index (χ1) is 14.0. The molecule has 146 valence electrons. The standard InChI is InChI=1S/C24H23N3O2/c1-16-6-11-22(18(3)13-16)26-24(28)19-7-9-21(10-8-19)29-15-20-14-27-12-4-5-17(2)23(27)25-20/h4-14H,15H2,1-3H3,(H,26,28). The van der Waals surface area contributed by atoms with Gasteiger partial charge in [0.05, 0.1) is 5.69 Å². The van der Waals surface area contributed by atoms with Crippen LogP contribution >= 0.6 is 0 Å². The highest BCUT2D eigenvalue weighted by Crippen LogP contribution is 2.19. The van der Waals surface area contributed by atoms with Crippen LogP contribution in [0.5, 0.6) is 5.75 Å². The highest BCUT2D eigenvalue weighted by atomic mass is 16.5. The van der Waals surface area contributed by atoms with Gasteiger partial charge in [-0.2, -0.15) is 0 Å². The fourth-order valence-corrected chi connectivity index (χ4v) is 3.28. The van der Waals surface area contributed by atoms with Gasteiger partial charge in [0, 0.05) is 23.6 Å². The maximum atomic E-state index is 12.5. The van der Waals surface area contributed by atoms with Crippen LogP contribution in [0.4, 0.5) is 5.69 Å². The Morgan fingerprint density at radius 3 is 2.55 bits per heavy atom. The number of carbonyl (C=O) groups excluding carboxylic acids is 1. The van der Waals surface area contributed by atoms with Crippen molar-refractivity contribution in [3.8, 4) is 5.75 Å². The molecular weight excluding hydrogens is 362 g/mol. The zero-order chi connectivity index (χ0) is 20.4. The van der Waals surface area contributed by atoms with E-state index in [1.807, 2.05) is 67.9 Å². The molecule has 5 nitrogen and oxygen atoms in total. The van der Waals surface area contributed by atoms with Crippen molar-refractivity contribution in [3.05, 3.63) is 94.9 Å². The average molecular weight is 385 g/mol. The molecule has 2 heterocycles. The number of amides is 1. The Kier molecular flexibility index (Phi) is 5.04. The average Bonchev–Trinajstić information content (AvgIpc) is 3.13. The molecule has 0 aliphatic carbocycles. The van der Waals surface area contributed by atoms with Gasteiger partial charge in [0.1, 0.15) is 18.0 Å². The summed E-state index contributed by atoms with van der Waals surface area (Å²) in [6.45, 7) is 6.43. The molecule has 4 aromatic rings. The first-order valence-corrected chi connectivity index (χ1v) is 9.54. The zero-order valence-electron chi connectivity index (χ0n) is 16.8.